The van der Waals surface area contributed by atoms with Crippen LogP contribution in [0.1, 0.15) is 91.9 Å². The molecule has 2 aliphatic carbocycles. The molecular formula is C34H46Cl2N4O2Ti. The predicted molar refractivity (Wildman–Crippen MR) is 175 cm³/mol. The van der Waals surface area contributed by atoms with Crippen molar-refractivity contribution in [3.63, 3.8) is 0 Å². The van der Waals surface area contributed by atoms with Gasteiger partial charge in [-0.1, -0.05) is 0 Å². The van der Waals surface area contributed by atoms with E-state index in [4.69, 9.17) is 52.6 Å². The molecule has 0 saturated carbocycles. The van der Waals surface area contributed by atoms with Crippen LogP contribution in [0.15, 0.2) is 56.3 Å². The van der Waals surface area contributed by atoms with E-state index in [1.165, 1.54) is 33.4 Å². The molecule has 4 rings (SSSR count). The zero-order valence-corrected chi connectivity index (χ0v) is 29.2. The minimum absolute atomic E-state index is 0.356. The van der Waals surface area contributed by atoms with Crippen LogP contribution in [0.4, 0.5) is 0 Å². The number of unbranched alkanes of at least 4 members (excludes halogenated alkanes) is 2. The Bertz CT molecular complexity index is 1240. The molecule has 0 amide bonds. The molecule has 0 saturated heterocycles. The molecule has 2 aliphatic rings. The molecule has 0 N–H and O–H groups in total. The average Bonchev–Trinajstić information content (AvgIpc) is 3.74. The molecule has 6 nitrogen and oxygen atoms in total. The molecule has 2 heterocycles. The molecule has 2 atom stereocenters. The summed E-state index contributed by atoms with van der Waals surface area (Å²) in [7, 11) is 0. The maximum absolute atomic E-state index is 6.73. The van der Waals surface area contributed by atoms with Crippen LogP contribution in [0, 0.1) is 11.8 Å². The average molecular weight is 662 g/mol. The van der Waals surface area contributed by atoms with E-state index in [1.54, 1.807) is 12.1 Å². The van der Waals surface area contributed by atoms with Gasteiger partial charge in [-0.2, -0.15) is 0 Å². The summed E-state index contributed by atoms with van der Waals surface area (Å²) < 4.78 is 16.4. The number of nitrogens with zero attached hydrogens (tertiary/aromatic N) is 4. The molecule has 2 unspecified atom stereocenters. The molecule has 0 radical (unpaired) electrons. The van der Waals surface area contributed by atoms with Gasteiger partial charge in [0.15, 0.2) is 0 Å². The molecule has 0 fully saturated rings. The van der Waals surface area contributed by atoms with Crippen molar-refractivity contribution in [2.24, 2.45) is 11.8 Å². The summed E-state index contributed by atoms with van der Waals surface area (Å²) in [6.45, 7) is 10.1. The van der Waals surface area contributed by atoms with Crippen LogP contribution in [0.2, 0.25) is 10.3 Å². The third-order valence-corrected chi connectivity index (χ3v) is 15.9. The van der Waals surface area contributed by atoms with Gasteiger partial charge in [-0.25, -0.2) is 0 Å². The van der Waals surface area contributed by atoms with Gasteiger partial charge in [0, 0.05) is 0 Å². The topological polar surface area (TPSA) is 70.0 Å². The van der Waals surface area contributed by atoms with Crippen LogP contribution in [-0.2, 0) is 16.6 Å². The van der Waals surface area contributed by atoms with Crippen LogP contribution in [0.5, 0.6) is 11.8 Å². The molecular weight excluding hydrogens is 615 g/mol. The van der Waals surface area contributed by atoms with Crippen molar-refractivity contribution in [1.29, 1.82) is 0 Å². The Morgan fingerprint density at radius 1 is 0.698 bits per heavy atom. The fourth-order valence-electron chi connectivity index (χ4n) is 5.81. The Hall–Kier alpha value is -1.99. The molecule has 9 heteroatoms. The van der Waals surface area contributed by atoms with Gasteiger partial charge in [0.2, 0.25) is 0 Å². The van der Waals surface area contributed by atoms with Crippen LogP contribution in [0.25, 0.3) is 0 Å². The van der Waals surface area contributed by atoms with Crippen molar-refractivity contribution in [3.05, 3.63) is 66.7 Å². The Morgan fingerprint density at radius 2 is 1.14 bits per heavy atom. The van der Waals surface area contributed by atoms with Gasteiger partial charge in [-0.15, -0.1) is 0 Å². The molecule has 232 valence electrons. The zero-order valence-electron chi connectivity index (χ0n) is 26.1. The fourth-order valence-corrected chi connectivity index (χ4v) is 13.3. The molecule has 0 spiro atoms. The monoisotopic (exact) mass is 660 g/mol. The second-order valence-corrected chi connectivity index (χ2v) is 18.1. The van der Waals surface area contributed by atoms with Crippen molar-refractivity contribution < 1.29 is 26.1 Å². The van der Waals surface area contributed by atoms with Gasteiger partial charge in [-0.3, -0.25) is 0 Å². The second kappa shape index (κ2) is 16.9. The Balaban J connectivity index is 1.79. The Kier molecular flexibility index (Phi) is 13.3. The molecule has 0 aliphatic heterocycles. The molecule has 43 heavy (non-hydrogen) atoms. The maximum atomic E-state index is 6.73. The van der Waals surface area contributed by atoms with Crippen LogP contribution in [-0.4, -0.2) is 33.1 Å². The zero-order chi connectivity index (χ0) is 30.7. The van der Waals surface area contributed by atoms with E-state index in [1.807, 2.05) is 0 Å². The van der Waals surface area contributed by atoms with Gasteiger partial charge in [0.05, 0.1) is 0 Å². The van der Waals surface area contributed by atoms with Gasteiger partial charge in [0.1, 0.15) is 0 Å². The normalized spacial score (nSPS) is 15.9. The summed E-state index contributed by atoms with van der Waals surface area (Å²) in [5.74, 6) is 1.93. The first kappa shape index (κ1) is 33.9. The fraction of sp³-hybridized carbons (Fsp3) is 0.529. The predicted octanol–water partition coefficient (Wildman–Crippen LogP) is 8.56. The first-order chi connectivity index (χ1) is 20.9. The molecule has 0 bridgehead atoms. The Morgan fingerprint density at radius 3 is 1.49 bits per heavy atom. The summed E-state index contributed by atoms with van der Waals surface area (Å²) >= 11 is 9.56. The van der Waals surface area contributed by atoms with Gasteiger partial charge < -0.3 is 0 Å². The first-order valence-electron chi connectivity index (χ1n) is 16.0. The number of halogens is 2. The summed E-state index contributed by atoms with van der Waals surface area (Å²) in [4.78, 5) is 20.0. The number of rotatable bonds is 18. The SMILES string of the molecule is CCCCC(CC)COc1cc(Cl)n[c]([Ti]([C]2=CC=CC2)([C]2=CC=CC2)[c]2nc(Cl)cc(OCC(CC)CCCC)n2)n1. The van der Waals surface area contributed by atoms with Crippen molar-refractivity contribution in [1.82, 2.24) is 19.9 Å². The van der Waals surface area contributed by atoms with Crippen molar-refractivity contribution >= 4 is 31.5 Å². The number of aromatic nitrogens is 4. The first-order valence-corrected chi connectivity index (χ1v) is 19.9. The summed E-state index contributed by atoms with van der Waals surface area (Å²) in [5, 5.41) is 0.713. The van der Waals surface area contributed by atoms with E-state index in [9.17, 15) is 0 Å². The summed E-state index contributed by atoms with van der Waals surface area (Å²) in [5.41, 5.74) is 0. The third kappa shape index (κ3) is 8.60. The molecule has 2 aromatic heterocycles. The van der Waals surface area contributed by atoms with Gasteiger partial charge in [-0.05, 0) is 0 Å². The van der Waals surface area contributed by atoms with Gasteiger partial charge >= 0.3 is 273 Å². The number of hydrogen-bond acceptors (Lipinski definition) is 6. The summed E-state index contributed by atoms with van der Waals surface area (Å²) in [6.07, 6.45) is 23.6. The summed E-state index contributed by atoms with van der Waals surface area (Å²) in [6, 6.07) is 3.45. The van der Waals surface area contributed by atoms with Crippen molar-refractivity contribution in [2.45, 2.75) is 91.9 Å². The van der Waals surface area contributed by atoms with Crippen LogP contribution in [0.3, 0.4) is 0 Å². The number of ether oxygens (including phenoxy) is 2. The van der Waals surface area contributed by atoms with E-state index < -0.39 is 16.6 Å². The quantitative estimate of drug-likeness (QED) is 0.118. The van der Waals surface area contributed by atoms with E-state index in [2.05, 4.69) is 64.2 Å². The third-order valence-electron chi connectivity index (χ3n) is 8.54. The number of hydrogen-bond donors (Lipinski definition) is 0. The van der Waals surface area contributed by atoms with E-state index >= 15 is 0 Å². The van der Waals surface area contributed by atoms with E-state index in [0.717, 1.165) is 38.5 Å². The molecule has 0 aromatic carbocycles. The van der Waals surface area contributed by atoms with Crippen LogP contribution >= 0.6 is 23.2 Å². The van der Waals surface area contributed by atoms with E-state index in [-0.39, 0.29) is 0 Å². The number of allylic oxidation sites excluding steroid dienone is 8. The second-order valence-electron chi connectivity index (χ2n) is 11.6. The van der Waals surface area contributed by atoms with Crippen molar-refractivity contribution in [3.8, 4) is 11.8 Å². The van der Waals surface area contributed by atoms with Crippen molar-refractivity contribution in [2.75, 3.05) is 13.2 Å². The standard InChI is InChI=1S/2C12H18ClN2O.2C5H5.Ti/c2*1-3-5-6-10(4-2)8-16-12-7-11(13)14-9-15-12;2*1-2-4-5-3-1;/h2*7,10H,3-6,8H2,1-2H3;2*1-3H,4H2;. The van der Waals surface area contributed by atoms with E-state index in [0.29, 0.717) is 55.4 Å². The Labute approximate surface area is 271 Å². The van der Waals surface area contributed by atoms with Crippen LogP contribution < -0.4 is 17.7 Å². The minimum atomic E-state index is -3.91. The molecule has 2 aromatic rings. The van der Waals surface area contributed by atoms with Gasteiger partial charge in [0.25, 0.3) is 0 Å².